The average molecular weight is 344 g/mol. The van der Waals surface area contributed by atoms with E-state index in [1.165, 1.54) is 11.3 Å². The summed E-state index contributed by atoms with van der Waals surface area (Å²) in [6, 6.07) is 8.20. The van der Waals surface area contributed by atoms with Crippen LogP contribution in [0.25, 0.3) is 10.6 Å². The summed E-state index contributed by atoms with van der Waals surface area (Å²) in [5.41, 5.74) is 1.58. The second-order valence-corrected chi connectivity index (χ2v) is 7.54. The summed E-state index contributed by atoms with van der Waals surface area (Å²) in [5, 5.41) is 2.76. The van der Waals surface area contributed by atoms with Crippen LogP contribution in [0.1, 0.15) is 43.6 Å². The van der Waals surface area contributed by atoms with Crippen LogP contribution in [0.15, 0.2) is 29.6 Å². The number of methoxy groups -OCH3 is 1. The first-order valence-corrected chi connectivity index (χ1v) is 9.37. The summed E-state index contributed by atoms with van der Waals surface area (Å²) >= 11 is 1.52. The van der Waals surface area contributed by atoms with Crippen LogP contribution < -0.4 is 4.74 Å². The second kappa shape index (κ2) is 7.34. The van der Waals surface area contributed by atoms with Gasteiger partial charge in [0.15, 0.2) is 0 Å². The van der Waals surface area contributed by atoms with E-state index in [1.807, 2.05) is 34.5 Å². The van der Waals surface area contributed by atoms with E-state index in [-0.39, 0.29) is 5.91 Å². The van der Waals surface area contributed by atoms with Crippen molar-refractivity contribution in [2.75, 3.05) is 13.7 Å². The van der Waals surface area contributed by atoms with Crippen LogP contribution in [-0.2, 0) is 0 Å². The number of aromatic nitrogens is 1. The maximum atomic E-state index is 12.8. The van der Waals surface area contributed by atoms with E-state index in [9.17, 15) is 4.79 Å². The molecular formula is C19H24N2O2S. The molecular weight excluding hydrogens is 320 g/mol. The lowest BCUT2D eigenvalue weighted by Gasteiger charge is -2.22. The van der Waals surface area contributed by atoms with Crippen LogP contribution in [-0.4, -0.2) is 35.5 Å². The molecule has 1 amide bonds. The number of nitrogens with zero attached hydrogens (tertiary/aromatic N) is 2. The molecule has 1 aromatic carbocycles. The van der Waals surface area contributed by atoms with Crippen LogP contribution >= 0.6 is 11.3 Å². The standard InChI is InChI=1S/C19H24N2O2S/c1-13(2)10-11-21(15-6-7-15)19(22)17-12-24-18(20-17)14-4-8-16(23-3)9-5-14/h4-5,8-9,12-13,15H,6-7,10-11H2,1-3H3. The molecule has 0 spiro atoms. The Morgan fingerprint density at radius 2 is 2.04 bits per heavy atom. The Labute approximate surface area is 147 Å². The third-order valence-electron chi connectivity index (χ3n) is 4.26. The second-order valence-electron chi connectivity index (χ2n) is 6.68. The highest BCUT2D eigenvalue weighted by Crippen LogP contribution is 2.31. The first kappa shape index (κ1) is 17.0. The highest BCUT2D eigenvalue weighted by Gasteiger charge is 2.33. The molecule has 0 atom stereocenters. The van der Waals surface area contributed by atoms with Crippen LogP contribution in [0.3, 0.4) is 0 Å². The molecule has 0 bridgehead atoms. The van der Waals surface area contributed by atoms with Gasteiger partial charge in [-0.3, -0.25) is 4.79 Å². The number of ether oxygens (including phenoxy) is 1. The normalized spacial score (nSPS) is 14.0. The van der Waals surface area contributed by atoms with Crippen LogP contribution in [0.4, 0.5) is 0 Å². The van der Waals surface area contributed by atoms with Gasteiger partial charge >= 0.3 is 0 Å². The first-order valence-electron chi connectivity index (χ1n) is 8.49. The van der Waals surface area contributed by atoms with Crippen LogP contribution in [0, 0.1) is 5.92 Å². The van der Waals surface area contributed by atoms with Gasteiger partial charge in [-0.25, -0.2) is 4.98 Å². The van der Waals surface area contributed by atoms with Gasteiger partial charge in [0.25, 0.3) is 5.91 Å². The molecule has 1 saturated carbocycles. The number of rotatable bonds is 7. The number of carbonyl (C=O) groups is 1. The summed E-state index contributed by atoms with van der Waals surface area (Å²) in [5.74, 6) is 1.50. The van der Waals surface area contributed by atoms with E-state index in [2.05, 4.69) is 18.8 Å². The number of hydrogen-bond donors (Lipinski definition) is 0. The van der Waals surface area contributed by atoms with E-state index in [4.69, 9.17) is 4.74 Å². The molecule has 3 rings (SSSR count). The smallest absolute Gasteiger partial charge is 0.273 e. The third-order valence-corrected chi connectivity index (χ3v) is 5.15. The minimum Gasteiger partial charge on any atom is -0.497 e. The molecule has 4 nitrogen and oxygen atoms in total. The highest BCUT2D eigenvalue weighted by atomic mass is 32.1. The highest BCUT2D eigenvalue weighted by molar-refractivity contribution is 7.13. The molecule has 24 heavy (non-hydrogen) atoms. The number of hydrogen-bond acceptors (Lipinski definition) is 4. The molecule has 1 heterocycles. The summed E-state index contributed by atoms with van der Waals surface area (Å²) in [4.78, 5) is 19.4. The average Bonchev–Trinajstić information content (AvgIpc) is 3.30. The van der Waals surface area contributed by atoms with Gasteiger partial charge < -0.3 is 9.64 Å². The molecule has 128 valence electrons. The van der Waals surface area contributed by atoms with E-state index >= 15 is 0 Å². The Bertz CT molecular complexity index is 690. The van der Waals surface area contributed by atoms with Crippen molar-refractivity contribution in [2.24, 2.45) is 5.92 Å². The molecule has 5 heteroatoms. The summed E-state index contributed by atoms with van der Waals surface area (Å²) < 4.78 is 5.18. The Balaban J connectivity index is 1.74. The van der Waals surface area contributed by atoms with Gasteiger partial charge in [-0.2, -0.15) is 0 Å². The lowest BCUT2D eigenvalue weighted by atomic mass is 10.1. The number of thiazole rings is 1. The van der Waals surface area contributed by atoms with Crippen molar-refractivity contribution in [1.82, 2.24) is 9.88 Å². The van der Waals surface area contributed by atoms with Gasteiger partial charge in [0.1, 0.15) is 16.5 Å². The van der Waals surface area contributed by atoms with Crippen LogP contribution in [0.2, 0.25) is 0 Å². The summed E-state index contributed by atoms with van der Waals surface area (Å²) in [6.07, 6.45) is 3.29. The van der Waals surface area contributed by atoms with Crippen molar-refractivity contribution in [3.8, 4) is 16.3 Å². The molecule has 0 aliphatic heterocycles. The predicted molar refractivity (Wildman–Crippen MR) is 97.6 cm³/mol. The Hall–Kier alpha value is -1.88. The van der Waals surface area contributed by atoms with Crippen molar-refractivity contribution in [1.29, 1.82) is 0 Å². The van der Waals surface area contributed by atoms with Crippen molar-refractivity contribution >= 4 is 17.2 Å². The molecule has 2 aromatic rings. The molecule has 0 N–H and O–H groups in total. The van der Waals surface area contributed by atoms with Gasteiger partial charge in [-0.1, -0.05) is 13.8 Å². The SMILES string of the molecule is COc1ccc(-c2nc(C(=O)N(CCC(C)C)C3CC3)cs2)cc1. The molecule has 0 radical (unpaired) electrons. The largest absolute Gasteiger partial charge is 0.497 e. The third kappa shape index (κ3) is 3.96. The molecule has 1 aliphatic rings. The Morgan fingerprint density at radius 1 is 1.33 bits per heavy atom. The first-order chi connectivity index (χ1) is 11.6. The lowest BCUT2D eigenvalue weighted by molar-refractivity contribution is 0.0730. The fraction of sp³-hybridized carbons (Fsp3) is 0.474. The maximum absolute atomic E-state index is 12.8. The predicted octanol–water partition coefficient (Wildman–Crippen LogP) is 4.47. The minimum atomic E-state index is 0.0779. The van der Waals surface area contributed by atoms with Crippen molar-refractivity contribution in [2.45, 2.75) is 39.2 Å². The van der Waals surface area contributed by atoms with E-state index in [0.29, 0.717) is 17.7 Å². The molecule has 0 saturated heterocycles. The molecule has 1 aliphatic carbocycles. The number of amides is 1. The topological polar surface area (TPSA) is 42.4 Å². The van der Waals surface area contributed by atoms with E-state index in [0.717, 1.165) is 42.1 Å². The minimum absolute atomic E-state index is 0.0779. The Kier molecular flexibility index (Phi) is 5.19. The van der Waals surface area contributed by atoms with Crippen molar-refractivity contribution in [3.05, 3.63) is 35.3 Å². The molecule has 1 fully saturated rings. The fourth-order valence-corrected chi connectivity index (χ4v) is 3.42. The van der Waals surface area contributed by atoms with E-state index in [1.54, 1.807) is 7.11 Å². The quantitative estimate of drug-likeness (QED) is 0.744. The van der Waals surface area contributed by atoms with Gasteiger partial charge in [-0.15, -0.1) is 11.3 Å². The Morgan fingerprint density at radius 3 is 2.62 bits per heavy atom. The van der Waals surface area contributed by atoms with Gasteiger partial charge in [0.2, 0.25) is 0 Å². The fourth-order valence-electron chi connectivity index (χ4n) is 2.62. The van der Waals surface area contributed by atoms with E-state index < -0.39 is 0 Å². The maximum Gasteiger partial charge on any atom is 0.273 e. The zero-order chi connectivity index (χ0) is 17.1. The number of benzene rings is 1. The van der Waals surface area contributed by atoms with Crippen molar-refractivity contribution in [3.63, 3.8) is 0 Å². The monoisotopic (exact) mass is 344 g/mol. The lowest BCUT2D eigenvalue weighted by Crippen LogP contribution is -2.34. The van der Waals surface area contributed by atoms with Gasteiger partial charge in [0, 0.05) is 23.5 Å². The van der Waals surface area contributed by atoms with Crippen LogP contribution in [0.5, 0.6) is 5.75 Å². The van der Waals surface area contributed by atoms with Gasteiger partial charge in [0.05, 0.1) is 7.11 Å². The number of carbonyl (C=O) groups excluding carboxylic acids is 1. The molecule has 1 aromatic heterocycles. The molecule has 0 unspecified atom stereocenters. The van der Waals surface area contributed by atoms with Crippen molar-refractivity contribution < 1.29 is 9.53 Å². The summed E-state index contributed by atoms with van der Waals surface area (Å²) in [6.45, 7) is 5.22. The zero-order valence-corrected chi connectivity index (χ0v) is 15.3. The summed E-state index contributed by atoms with van der Waals surface area (Å²) in [7, 11) is 1.65. The van der Waals surface area contributed by atoms with Gasteiger partial charge in [-0.05, 0) is 49.4 Å². The zero-order valence-electron chi connectivity index (χ0n) is 14.5.